The van der Waals surface area contributed by atoms with Crippen molar-refractivity contribution in [3.63, 3.8) is 0 Å². The molecule has 1 fully saturated rings. The summed E-state index contributed by atoms with van der Waals surface area (Å²) in [6, 6.07) is -0.826. The van der Waals surface area contributed by atoms with E-state index in [1.165, 1.54) is 231 Å². The lowest BCUT2D eigenvalue weighted by Gasteiger charge is -2.40. The fourth-order valence-corrected chi connectivity index (χ4v) is 9.84. The Morgan fingerprint density at radius 1 is 0.465 bits per heavy atom. The molecule has 7 atom stereocenters. The molecule has 0 saturated carbocycles. The van der Waals surface area contributed by atoms with Crippen LogP contribution in [0.1, 0.15) is 296 Å². The van der Waals surface area contributed by atoms with Gasteiger partial charge in [0.25, 0.3) is 0 Å². The second-order valence-electron chi connectivity index (χ2n) is 21.5. The molecule has 0 aromatic heterocycles. The van der Waals surface area contributed by atoms with E-state index in [1.54, 1.807) is 6.08 Å². The van der Waals surface area contributed by atoms with Crippen molar-refractivity contribution in [2.24, 2.45) is 0 Å². The highest BCUT2D eigenvalue weighted by molar-refractivity contribution is 5.76. The number of carbonyl (C=O) groups is 1. The average molecular weight is 1000 g/mol. The van der Waals surface area contributed by atoms with Crippen molar-refractivity contribution in [3.8, 4) is 0 Å². The molecule has 71 heavy (non-hydrogen) atoms. The molecule has 0 bridgehead atoms. The zero-order chi connectivity index (χ0) is 51.5. The van der Waals surface area contributed by atoms with Crippen LogP contribution in [0, 0.1) is 0 Å². The van der Waals surface area contributed by atoms with Gasteiger partial charge < -0.3 is 40.3 Å². The third-order valence-corrected chi connectivity index (χ3v) is 14.7. The molecule has 7 unspecified atom stereocenters. The third-order valence-electron chi connectivity index (χ3n) is 14.7. The Morgan fingerprint density at radius 3 is 1.18 bits per heavy atom. The van der Waals surface area contributed by atoms with Crippen LogP contribution in [0.2, 0.25) is 0 Å². The van der Waals surface area contributed by atoms with E-state index in [1.807, 2.05) is 6.08 Å². The normalized spacial score (nSPS) is 19.5. The first-order valence-corrected chi connectivity index (χ1v) is 30.7. The van der Waals surface area contributed by atoms with Gasteiger partial charge >= 0.3 is 0 Å². The first kappa shape index (κ1) is 67.4. The van der Waals surface area contributed by atoms with Crippen LogP contribution in [-0.4, -0.2) is 87.5 Å². The van der Waals surface area contributed by atoms with Gasteiger partial charge in [-0.05, 0) is 44.9 Å². The first-order valence-electron chi connectivity index (χ1n) is 30.7. The van der Waals surface area contributed by atoms with Gasteiger partial charge in [0.05, 0.1) is 25.4 Å². The topological polar surface area (TPSA) is 149 Å². The molecule has 6 N–H and O–H groups in total. The van der Waals surface area contributed by atoms with E-state index in [0.717, 1.165) is 44.9 Å². The van der Waals surface area contributed by atoms with Gasteiger partial charge in [0.15, 0.2) is 6.29 Å². The smallest absolute Gasteiger partial charge is 0.220 e. The molecule has 0 aromatic rings. The van der Waals surface area contributed by atoms with Gasteiger partial charge in [-0.3, -0.25) is 4.79 Å². The van der Waals surface area contributed by atoms with E-state index in [9.17, 15) is 30.3 Å². The lowest BCUT2D eigenvalue weighted by atomic mass is 9.99. The highest BCUT2D eigenvalue weighted by atomic mass is 16.7. The zero-order valence-electron chi connectivity index (χ0n) is 46.5. The summed E-state index contributed by atoms with van der Waals surface area (Å²) in [6.07, 6.45) is 60.9. The quantitative estimate of drug-likeness (QED) is 0.0261. The van der Waals surface area contributed by atoms with E-state index < -0.39 is 49.5 Å². The lowest BCUT2D eigenvalue weighted by molar-refractivity contribution is -0.302. The average Bonchev–Trinajstić information content (AvgIpc) is 3.37. The second kappa shape index (κ2) is 51.9. The van der Waals surface area contributed by atoms with Crippen LogP contribution in [0.25, 0.3) is 0 Å². The number of aliphatic hydroxyl groups excluding tert-OH is 5. The number of hydrogen-bond donors (Lipinski definition) is 6. The molecule has 9 heteroatoms. The maximum absolute atomic E-state index is 13.1. The van der Waals surface area contributed by atoms with Crippen LogP contribution in [0.15, 0.2) is 36.5 Å². The second-order valence-corrected chi connectivity index (χ2v) is 21.5. The first-order chi connectivity index (χ1) is 34.8. The maximum Gasteiger partial charge on any atom is 0.220 e. The van der Waals surface area contributed by atoms with Crippen LogP contribution < -0.4 is 5.32 Å². The molecule has 0 spiro atoms. The van der Waals surface area contributed by atoms with Crippen molar-refractivity contribution in [2.45, 2.75) is 339 Å². The fraction of sp³-hybridized carbons (Fsp3) is 0.887. The molecule has 0 radical (unpaired) electrons. The number of amides is 1. The molecular formula is C62H117NO8. The van der Waals surface area contributed by atoms with Crippen LogP contribution in [0.4, 0.5) is 0 Å². The number of aliphatic hydroxyl groups is 5. The van der Waals surface area contributed by atoms with Crippen LogP contribution in [0.5, 0.6) is 0 Å². The molecule has 1 aliphatic rings. The Balaban J connectivity index is 2.17. The van der Waals surface area contributed by atoms with E-state index in [2.05, 4.69) is 43.5 Å². The number of rotatable bonds is 53. The lowest BCUT2D eigenvalue weighted by Crippen LogP contribution is -2.60. The standard InChI is InChI=1S/C62H117NO8/c1-3-5-7-9-11-13-15-17-19-21-23-24-25-26-27-28-29-30-31-32-33-34-36-38-40-42-44-46-48-50-52-58(66)63-55(54-70-62-61(69)60(68)59(67)57(53-64)71-62)56(65)51-49-47-45-43-41-39-37-35-22-20-18-16-14-12-10-8-6-4-2/h22,35,41,43,49,51,55-57,59-62,64-65,67-69H,3-21,23-34,36-40,42,44-48,50,52-54H2,1-2H3,(H,63,66)/b35-22+,43-41+,51-49+. The summed E-state index contributed by atoms with van der Waals surface area (Å²) >= 11 is 0. The van der Waals surface area contributed by atoms with Crippen molar-refractivity contribution < 1.29 is 39.8 Å². The molecule has 0 aliphatic carbocycles. The molecule has 1 saturated heterocycles. The minimum Gasteiger partial charge on any atom is -0.394 e. The Hall–Kier alpha value is -1.59. The van der Waals surface area contributed by atoms with Gasteiger partial charge in [0.1, 0.15) is 24.4 Å². The molecule has 1 heterocycles. The zero-order valence-corrected chi connectivity index (χ0v) is 46.5. The largest absolute Gasteiger partial charge is 0.394 e. The molecule has 1 aliphatic heterocycles. The summed E-state index contributed by atoms with van der Waals surface area (Å²) in [4.78, 5) is 13.1. The predicted molar refractivity (Wildman–Crippen MR) is 300 cm³/mol. The Kier molecular flexibility index (Phi) is 49.3. The van der Waals surface area contributed by atoms with E-state index in [-0.39, 0.29) is 12.5 Å². The number of ether oxygens (including phenoxy) is 2. The summed E-state index contributed by atoms with van der Waals surface area (Å²) in [5, 5.41) is 54.5. The molecule has 1 rings (SSSR count). The Bertz CT molecular complexity index is 1210. The Morgan fingerprint density at radius 2 is 0.803 bits per heavy atom. The monoisotopic (exact) mass is 1000 g/mol. The SMILES string of the molecule is CCCCCCCCCC/C=C/CC/C=C/CC/C=C/C(O)C(COC1OC(CO)C(O)C(O)C1O)NC(=O)CCCCCCCCCCCCCCCCCCCCCCCCCCCCCCCC. The van der Waals surface area contributed by atoms with Gasteiger partial charge in [-0.2, -0.15) is 0 Å². The number of carbonyl (C=O) groups excluding carboxylic acids is 1. The van der Waals surface area contributed by atoms with Gasteiger partial charge in [0, 0.05) is 6.42 Å². The van der Waals surface area contributed by atoms with Crippen LogP contribution in [0.3, 0.4) is 0 Å². The molecule has 9 nitrogen and oxygen atoms in total. The van der Waals surface area contributed by atoms with Crippen molar-refractivity contribution >= 4 is 5.91 Å². The molecule has 0 aromatic carbocycles. The summed E-state index contributed by atoms with van der Waals surface area (Å²) in [5.41, 5.74) is 0. The van der Waals surface area contributed by atoms with Crippen molar-refractivity contribution in [3.05, 3.63) is 36.5 Å². The third kappa shape index (κ3) is 41.4. The summed E-state index contributed by atoms with van der Waals surface area (Å²) < 4.78 is 11.3. The van der Waals surface area contributed by atoms with E-state index in [4.69, 9.17) is 9.47 Å². The van der Waals surface area contributed by atoms with Gasteiger partial charge in [-0.15, -0.1) is 0 Å². The summed E-state index contributed by atoms with van der Waals surface area (Å²) in [6.45, 7) is 3.79. The maximum atomic E-state index is 13.1. The number of allylic oxidation sites excluding steroid dienone is 5. The Labute approximate surface area is 438 Å². The summed E-state index contributed by atoms with van der Waals surface area (Å²) in [5.74, 6) is -0.185. The molecule has 418 valence electrons. The summed E-state index contributed by atoms with van der Waals surface area (Å²) in [7, 11) is 0. The highest BCUT2D eigenvalue weighted by Gasteiger charge is 2.44. The van der Waals surface area contributed by atoms with Crippen molar-refractivity contribution in [1.82, 2.24) is 5.32 Å². The van der Waals surface area contributed by atoms with E-state index >= 15 is 0 Å². The number of hydrogen-bond acceptors (Lipinski definition) is 8. The predicted octanol–water partition coefficient (Wildman–Crippen LogP) is 15.5. The fourth-order valence-electron chi connectivity index (χ4n) is 9.84. The van der Waals surface area contributed by atoms with Gasteiger partial charge in [-0.25, -0.2) is 0 Å². The van der Waals surface area contributed by atoms with E-state index in [0.29, 0.717) is 6.42 Å². The van der Waals surface area contributed by atoms with Gasteiger partial charge in [0.2, 0.25) is 5.91 Å². The van der Waals surface area contributed by atoms with Crippen LogP contribution in [-0.2, 0) is 14.3 Å². The van der Waals surface area contributed by atoms with Crippen LogP contribution >= 0.6 is 0 Å². The van der Waals surface area contributed by atoms with Gasteiger partial charge in [-0.1, -0.05) is 281 Å². The van der Waals surface area contributed by atoms with Crippen molar-refractivity contribution in [1.29, 1.82) is 0 Å². The highest BCUT2D eigenvalue weighted by Crippen LogP contribution is 2.23. The minimum absolute atomic E-state index is 0.185. The minimum atomic E-state index is -1.57. The molecular weight excluding hydrogens is 887 g/mol. The number of unbranched alkanes of at least 4 members (excludes halogenated alkanes) is 39. The van der Waals surface area contributed by atoms with Crippen molar-refractivity contribution in [2.75, 3.05) is 13.2 Å². The number of nitrogens with one attached hydrogen (secondary N) is 1. The molecule has 1 amide bonds.